The van der Waals surface area contributed by atoms with Crippen LogP contribution in [0.25, 0.3) is 0 Å². The lowest BCUT2D eigenvalue weighted by Crippen LogP contribution is -2.20. The molecule has 1 fully saturated rings. The lowest BCUT2D eigenvalue weighted by molar-refractivity contribution is -0.122. The highest BCUT2D eigenvalue weighted by Gasteiger charge is 2.48. The van der Waals surface area contributed by atoms with Crippen LogP contribution in [0.4, 0.5) is 11.4 Å². The molecule has 2 aromatic carbocycles. The molecule has 2 unspecified atom stereocenters. The van der Waals surface area contributed by atoms with Gasteiger partial charge in [0.1, 0.15) is 5.75 Å². The van der Waals surface area contributed by atoms with E-state index in [-0.39, 0.29) is 23.7 Å². The number of halogens is 2. The van der Waals surface area contributed by atoms with Gasteiger partial charge in [-0.3, -0.25) is 9.59 Å². The molecule has 1 saturated carbocycles. The largest absolute Gasteiger partial charge is 0.495 e. The maximum Gasteiger partial charge on any atom is 0.228 e. The van der Waals surface area contributed by atoms with E-state index in [0.29, 0.717) is 33.6 Å². The molecule has 0 spiro atoms. The molecule has 0 bridgehead atoms. The molecule has 0 radical (unpaired) electrons. The van der Waals surface area contributed by atoms with Crippen molar-refractivity contribution < 1.29 is 14.3 Å². The summed E-state index contributed by atoms with van der Waals surface area (Å²) in [6.07, 6.45) is 0.516. The predicted molar refractivity (Wildman–Crippen MR) is 98.3 cm³/mol. The fourth-order valence-electron chi connectivity index (χ4n) is 2.55. The molecule has 2 N–H and O–H groups in total. The Labute approximate surface area is 155 Å². The van der Waals surface area contributed by atoms with Crippen molar-refractivity contribution in [2.24, 2.45) is 11.8 Å². The summed E-state index contributed by atoms with van der Waals surface area (Å²) >= 11 is 11.9. The van der Waals surface area contributed by atoms with Gasteiger partial charge in [0.15, 0.2) is 0 Å². The molecule has 0 aliphatic heterocycles. The Balaban J connectivity index is 1.56. The van der Waals surface area contributed by atoms with Crippen LogP contribution >= 0.6 is 23.2 Å². The third-order valence-corrected chi connectivity index (χ3v) is 4.51. The van der Waals surface area contributed by atoms with E-state index in [4.69, 9.17) is 27.9 Å². The molecule has 0 aromatic heterocycles. The van der Waals surface area contributed by atoms with Gasteiger partial charge in [0.05, 0.1) is 24.0 Å². The third kappa shape index (κ3) is 4.24. The van der Waals surface area contributed by atoms with Gasteiger partial charge in [-0.1, -0.05) is 29.3 Å². The topological polar surface area (TPSA) is 67.4 Å². The maximum atomic E-state index is 12.3. The van der Waals surface area contributed by atoms with Gasteiger partial charge in [-0.15, -0.1) is 0 Å². The molecule has 7 heteroatoms. The summed E-state index contributed by atoms with van der Waals surface area (Å²) in [4.78, 5) is 24.5. The number of nitrogens with one attached hydrogen (secondary N) is 2. The molecular weight excluding hydrogens is 363 g/mol. The number of anilines is 2. The zero-order chi connectivity index (χ0) is 18.0. The van der Waals surface area contributed by atoms with Crippen molar-refractivity contribution in [2.45, 2.75) is 6.42 Å². The van der Waals surface area contributed by atoms with Gasteiger partial charge >= 0.3 is 0 Å². The highest BCUT2D eigenvalue weighted by atomic mass is 35.5. The van der Waals surface area contributed by atoms with E-state index in [0.717, 1.165) is 0 Å². The van der Waals surface area contributed by atoms with Gasteiger partial charge in [0.2, 0.25) is 11.8 Å². The normalized spacial score (nSPS) is 18.4. The molecule has 5 nitrogen and oxygen atoms in total. The monoisotopic (exact) mass is 378 g/mol. The van der Waals surface area contributed by atoms with Crippen LogP contribution in [0.3, 0.4) is 0 Å². The summed E-state index contributed by atoms with van der Waals surface area (Å²) in [5, 5.41) is 6.50. The van der Waals surface area contributed by atoms with Crippen molar-refractivity contribution in [3.63, 3.8) is 0 Å². The van der Waals surface area contributed by atoms with E-state index in [1.165, 1.54) is 7.11 Å². The minimum Gasteiger partial charge on any atom is -0.495 e. The number of hydrogen-bond donors (Lipinski definition) is 2. The number of rotatable bonds is 5. The fourth-order valence-corrected chi connectivity index (χ4v) is 3.00. The molecule has 2 amide bonds. The first-order valence-electron chi connectivity index (χ1n) is 7.69. The van der Waals surface area contributed by atoms with Crippen molar-refractivity contribution in [3.8, 4) is 5.75 Å². The Bertz CT molecular complexity index is 826. The average molecular weight is 379 g/mol. The van der Waals surface area contributed by atoms with Gasteiger partial charge in [0.25, 0.3) is 0 Å². The molecule has 1 aliphatic carbocycles. The van der Waals surface area contributed by atoms with Gasteiger partial charge in [-0.2, -0.15) is 0 Å². The van der Waals surface area contributed by atoms with Crippen molar-refractivity contribution in [1.29, 1.82) is 0 Å². The Hall–Kier alpha value is -2.24. The first-order chi connectivity index (χ1) is 12.0. The Morgan fingerprint density at radius 2 is 1.64 bits per heavy atom. The molecule has 130 valence electrons. The van der Waals surface area contributed by atoms with Gasteiger partial charge in [-0.05, 0) is 42.8 Å². The second-order valence-corrected chi connectivity index (χ2v) is 6.63. The van der Waals surface area contributed by atoms with E-state index in [9.17, 15) is 9.59 Å². The number of benzene rings is 2. The van der Waals surface area contributed by atoms with E-state index in [2.05, 4.69) is 10.6 Å². The van der Waals surface area contributed by atoms with Crippen LogP contribution in [0.2, 0.25) is 10.0 Å². The average Bonchev–Trinajstić information content (AvgIpc) is 3.36. The van der Waals surface area contributed by atoms with Crippen LogP contribution in [0.1, 0.15) is 6.42 Å². The summed E-state index contributed by atoms with van der Waals surface area (Å²) in [7, 11) is 1.52. The minimum absolute atomic E-state index is 0.185. The lowest BCUT2D eigenvalue weighted by atomic mass is 10.2. The van der Waals surface area contributed by atoms with Crippen LogP contribution in [0, 0.1) is 11.8 Å². The molecule has 0 saturated heterocycles. The number of methoxy groups -OCH3 is 1. The highest BCUT2D eigenvalue weighted by Crippen LogP contribution is 2.40. The number of hydrogen-bond acceptors (Lipinski definition) is 3. The maximum absolute atomic E-state index is 12.3. The van der Waals surface area contributed by atoms with Crippen LogP contribution in [0.15, 0.2) is 42.5 Å². The first-order valence-corrected chi connectivity index (χ1v) is 8.44. The summed E-state index contributed by atoms with van der Waals surface area (Å²) < 4.78 is 5.07. The Morgan fingerprint density at radius 3 is 2.20 bits per heavy atom. The summed E-state index contributed by atoms with van der Waals surface area (Å²) in [5.74, 6) is -0.541. The smallest absolute Gasteiger partial charge is 0.228 e. The summed E-state index contributed by atoms with van der Waals surface area (Å²) in [6, 6.07) is 11.9. The number of ether oxygens (including phenoxy) is 1. The van der Waals surface area contributed by atoms with Crippen molar-refractivity contribution in [1.82, 2.24) is 0 Å². The third-order valence-electron chi connectivity index (χ3n) is 3.98. The quantitative estimate of drug-likeness (QED) is 0.818. The Kier molecular flexibility index (Phi) is 5.16. The molecule has 0 heterocycles. The van der Waals surface area contributed by atoms with Gasteiger partial charge in [0, 0.05) is 16.4 Å². The van der Waals surface area contributed by atoms with Crippen LogP contribution < -0.4 is 15.4 Å². The van der Waals surface area contributed by atoms with Crippen molar-refractivity contribution in [3.05, 3.63) is 52.5 Å². The summed E-state index contributed by atoms with van der Waals surface area (Å²) in [5.41, 5.74) is 1.18. The number of carbonyl (C=O) groups is 2. The van der Waals surface area contributed by atoms with E-state index >= 15 is 0 Å². The van der Waals surface area contributed by atoms with Crippen molar-refractivity contribution >= 4 is 46.4 Å². The minimum atomic E-state index is -0.347. The van der Waals surface area contributed by atoms with Crippen LogP contribution in [0.5, 0.6) is 5.75 Å². The standard InChI is InChI=1S/C18H16Cl2N2O3/c1-25-16-6-5-12(8-15(16)20)22-18(24)14-9-13(14)17(23)21-11-4-2-3-10(19)7-11/h2-8,13-14H,9H2,1H3,(H,21,23)(H,22,24). The van der Waals surface area contributed by atoms with Crippen LogP contribution in [-0.2, 0) is 9.59 Å². The van der Waals surface area contributed by atoms with Crippen LogP contribution in [-0.4, -0.2) is 18.9 Å². The molecule has 2 atom stereocenters. The SMILES string of the molecule is COc1ccc(NC(=O)C2CC2C(=O)Nc2cccc(Cl)c2)cc1Cl. The summed E-state index contributed by atoms with van der Waals surface area (Å²) in [6.45, 7) is 0. The highest BCUT2D eigenvalue weighted by molar-refractivity contribution is 6.32. The van der Waals surface area contributed by atoms with Gasteiger partial charge in [-0.25, -0.2) is 0 Å². The van der Waals surface area contributed by atoms with E-state index < -0.39 is 0 Å². The molecule has 1 aliphatic rings. The second-order valence-electron chi connectivity index (χ2n) is 5.79. The molecule has 3 rings (SSSR count). The van der Waals surface area contributed by atoms with E-state index in [1.54, 1.807) is 42.5 Å². The van der Waals surface area contributed by atoms with E-state index in [1.807, 2.05) is 0 Å². The first kappa shape index (κ1) is 17.6. The van der Waals surface area contributed by atoms with Crippen molar-refractivity contribution in [2.75, 3.05) is 17.7 Å². The van der Waals surface area contributed by atoms with Gasteiger partial charge < -0.3 is 15.4 Å². The molecular formula is C18H16Cl2N2O3. The zero-order valence-electron chi connectivity index (χ0n) is 13.4. The Morgan fingerprint density at radius 1 is 1.00 bits per heavy atom. The lowest BCUT2D eigenvalue weighted by Gasteiger charge is -2.08. The molecule has 2 aromatic rings. The zero-order valence-corrected chi connectivity index (χ0v) is 14.9. The number of amides is 2. The fraction of sp³-hybridized carbons (Fsp3) is 0.222. The second kappa shape index (κ2) is 7.33. The predicted octanol–water partition coefficient (Wildman–Crippen LogP) is 4.22. The molecule has 25 heavy (non-hydrogen) atoms. The number of carbonyl (C=O) groups excluding carboxylic acids is 2.